The van der Waals surface area contributed by atoms with Crippen LogP contribution in [0.2, 0.25) is 0 Å². The van der Waals surface area contributed by atoms with Gasteiger partial charge in [-0.25, -0.2) is 4.98 Å². The SMILES string of the molecule is CCC[C@@H](CC)Nc1nc(N)nc2ccn(Cc3ccc(CN4CCCC4)cc3)c(=O)c12. The van der Waals surface area contributed by atoms with E-state index in [1.165, 1.54) is 31.5 Å². The first-order chi connectivity index (χ1) is 15.6. The van der Waals surface area contributed by atoms with Crippen molar-refractivity contribution in [2.24, 2.45) is 0 Å². The van der Waals surface area contributed by atoms with Gasteiger partial charge in [0.2, 0.25) is 5.95 Å². The predicted molar refractivity (Wildman–Crippen MR) is 131 cm³/mol. The Hall–Kier alpha value is -2.93. The highest BCUT2D eigenvalue weighted by Crippen LogP contribution is 2.21. The number of nitrogens with one attached hydrogen (secondary N) is 1. The lowest BCUT2D eigenvalue weighted by Crippen LogP contribution is -2.25. The van der Waals surface area contributed by atoms with Crippen molar-refractivity contribution in [3.05, 3.63) is 58.0 Å². The van der Waals surface area contributed by atoms with Gasteiger partial charge in [-0.2, -0.15) is 4.98 Å². The number of nitrogen functional groups attached to an aromatic ring is 1. The lowest BCUT2D eigenvalue weighted by molar-refractivity contribution is 0.331. The average molecular weight is 435 g/mol. The third-order valence-electron chi connectivity index (χ3n) is 6.29. The van der Waals surface area contributed by atoms with Crippen molar-refractivity contribution in [1.29, 1.82) is 0 Å². The summed E-state index contributed by atoms with van der Waals surface area (Å²) in [7, 11) is 0. The predicted octanol–water partition coefficient (Wildman–Crippen LogP) is 4.01. The van der Waals surface area contributed by atoms with E-state index in [-0.39, 0.29) is 17.5 Å². The molecule has 170 valence electrons. The van der Waals surface area contributed by atoms with Crippen LogP contribution >= 0.6 is 0 Å². The van der Waals surface area contributed by atoms with Crippen molar-refractivity contribution in [2.45, 2.75) is 65.1 Å². The van der Waals surface area contributed by atoms with Crippen LogP contribution < -0.4 is 16.6 Å². The molecular weight excluding hydrogens is 400 g/mol. The van der Waals surface area contributed by atoms with Crippen molar-refractivity contribution < 1.29 is 0 Å². The van der Waals surface area contributed by atoms with Crippen molar-refractivity contribution in [1.82, 2.24) is 19.4 Å². The van der Waals surface area contributed by atoms with E-state index in [0.29, 0.717) is 23.3 Å². The zero-order valence-electron chi connectivity index (χ0n) is 19.2. The van der Waals surface area contributed by atoms with E-state index in [4.69, 9.17) is 5.73 Å². The van der Waals surface area contributed by atoms with E-state index in [1.54, 1.807) is 10.8 Å². The van der Waals surface area contributed by atoms with Crippen molar-refractivity contribution in [3.8, 4) is 0 Å². The molecule has 0 bridgehead atoms. The number of aromatic nitrogens is 3. The molecule has 4 rings (SSSR count). The molecule has 0 saturated carbocycles. The van der Waals surface area contributed by atoms with Gasteiger partial charge in [-0.15, -0.1) is 0 Å². The van der Waals surface area contributed by atoms with Gasteiger partial charge in [0, 0.05) is 18.8 Å². The van der Waals surface area contributed by atoms with Crippen LogP contribution in [0, 0.1) is 0 Å². The van der Waals surface area contributed by atoms with Crippen molar-refractivity contribution >= 4 is 22.7 Å². The van der Waals surface area contributed by atoms with E-state index >= 15 is 0 Å². The van der Waals surface area contributed by atoms with Crippen LogP contribution in [0.5, 0.6) is 0 Å². The van der Waals surface area contributed by atoms with E-state index < -0.39 is 0 Å². The number of nitrogens with zero attached hydrogens (tertiary/aromatic N) is 4. The highest BCUT2D eigenvalue weighted by Gasteiger charge is 2.16. The van der Waals surface area contributed by atoms with E-state index in [2.05, 4.69) is 58.3 Å². The molecule has 0 radical (unpaired) electrons. The molecule has 0 spiro atoms. The minimum absolute atomic E-state index is 0.0995. The Labute approximate surface area is 189 Å². The zero-order chi connectivity index (χ0) is 22.5. The van der Waals surface area contributed by atoms with Gasteiger partial charge in [0.25, 0.3) is 5.56 Å². The Morgan fingerprint density at radius 3 is 2.38 bits per heavy atom. The average Bonchev–Trinajstić information content (AvgIpc) is 3.29. The van der Waals surface area contributed by atoms with E-state index in [1.807, 2.05) is 6.07 Å². The summed E-state index contributed by atoms with van der Waals surface area (Å²) in [5, 5.41) is 3.94. The van der Waals surface area contributed by atoms with E-state index in [9.17, 15) is 4.79 Å². The van der Waals surface area contributed by atoms with Gasteiger partial charge in [-0.05, 0) is 56.0 Å². The Bertz CT molecular complexity index is 1100. The first-order valence-corrected chi connectivity index (χ1v) is 11.8. The molecule has 3 N–H and O–H groups in total. The summed E-state index contributed by atoms with van der Waals surface area (Å²) < 4.78 is 1.73. The zero-order valence-corrected chi connectivity index (χ0v) is 19.2. The minimum atomic E-state index is -0.0995. The molecule has 3 aromatic rings. The maximum Gasteiger partial charge on any atom is 0.264 e. The lowest BCUT2D eigenvalue weighted by Gasteiger charge is -2.18. The Kier molecular flexibility index (Phi) is 7.05. The molecule has 1 aliphatic rings. The van der Waals surface area contributed by atoms with Gasteiger partial charge in [-0.3, -0.25) is 9.69 Å². The number of nitrogens with two attached hydrogens (primary N) is 1. The molecule has 1 saturated heterocycles. The Morgan fingerprint density at radius 2 is 1.72 bits per heavy atom. The number of anilines is 2. The number of likely N-dealkylation sites (tertiary alicyclic amines) is 1. The number of fused-ring (bicyclic) bond motifs is 1. The smallest absolute Gasteiger partial charge is 0.264 e. The quantitative estimate of drug-likeness (QED) is 0.529. The third-order valence-corrected chi connectivity index (χ3v) is 6.29. The molecule has 7 nitrogen and oxygen atoms in total. The summed E-state index contributed by atoms with van der Waals surface area (Å²) in [4.78, 5) is 24.5. The van der Waals surface area contributed by atoms with Crippen LogP contribution in [-0.4, -0.2) is 38.6 Å². The van der Waals surface area contributed by atoms with Gasteiger partial charge in [0.05, 0.1) is 12.1 Å². The summed E-state index contributed by atoms with van der Waals surface area (Å²) >= 11 is 0. The van der Waals surface area contributed by atoms with Crippen LogP contribution in [0.3, 0.4) is 0 Å². The first kappa shape index (κ1) is 22.3. The molecule has 0 unspecified atom stereocenters. The van der Waals surface area contributed by atoms with Crippen LogP contribution in [0.4, 0.5) is 11.8 Å². The van der Waals surface area contributed by atoms with Gasteiger partial charge >= 0.3 is 0 Å². The van der Waals surface area contributed by atoms with Gasteiger partial charge in [-0.1, -0.05) is 44.5 Å². The maximum absolute atomic E-state index is 13.4. The normalized spacial score (nSPS) is 15.3. The molecule has 1 aliphatic heterocycles. The van der Waals surface area contributed by atoms with E-state index in [0.717, 1.165) is 31.4 Å². The standard InChI is InChI=1S/C25H34N6O/c1-3-7-20(4-2)27-23-22-21(28-25(26)29-23)12-15-31(24(22)32)17-19-10-8-18(9-11-19)16-30-13-5-6-14-30/h8-12,15,20H,3-7,13-14,16-17H2,1-2H3,(H3,26,27,28,29)/t20-/m1/s1. The summed E-state index contributed by atoms with van der Waals surface area (Å²) in [6.07, 6.45) is 7.40. The second kappa shape index (κ2) is 10.1. The third kappa shape index (κ3) is 5.10. The maximum atomic E-state index is 13.4. The molecule has 1 atom stereocenters. The molecule has 2 aromatic heterocycles. The number of pyridine rings is 1. The Balaban J connectivity index is 1.59. The fraction of sp³-hybridized carbons (Fsp3) is 0.480. The van der Waals surface area contributed by atoms with Crippen molar-refractivity contribution in [3.63, 3.8) is 0 Å². The van der Waals surface area contributed by atoms with Crippen LogP contribution in [0.15, 0.2) is 41.3 Å². The topological polar surface area (TPSA) is 89.1 Å². The molecule has 1 fully saturated rings. The van der Waals surface area contributed by atoms with Crippen LogP contribution in [0.1, 0.15) is 57.1 Å². The highest BCUT2D eigenvalue weighted by atomic mass is 16.1. The second-order valence-electron chi connectivity index (χ2n) is 8.78. The molecule has 3 heterocycles. The monoisotopic (exact) mass is 434 g/mol. The largest absolute Gasteiger partial charge is 0.368 e. The molecule has 1 aromatic carbocycles. The van der Waals surface area contributed by atoms with Crippen molar-refractivity contribution in [2.75, 3.05) is 24.1 Å². The fourth-order valence-electron chi connectivity index (χ4n) is 4.49. The summed E-state index contributed by atoms with van der Waals surface area (Å²) in [5.41, 5.74) is 8.82. The lowest BCUT2D eigenvalue weighted by atomic mass is 10.1. The van der Waals surface area contributed by atoms with Gasteiger partial charge < -0.3 is 15.6 Å². The number of rotatable bonds is 9. The molecular formula is C25H34N6O. The first-order valence-electron chi connectivity index (χ1n) is 11.8. The second-order valence-corrected chi connectivity index (χ2v) is 8.78. The Morgan fingerprint density at radius 1 is 1.03 bits per heavy atom. The molecule has 7 heteroatoms. The summed E-state index contributed by atoms with van der Waals surface area (Å²) in [5.74, 6) is 0.713. The summed E-state index contributed by atoms with van der Waals surface area (Å²) in [6, 6.07) is 10.7. The highest BCUT2D eigenvalue weighted by molar-refractivity contribution is 5.89. The number of benzene rings is 1. The number of hydrogen-bond donors (Lipinski definition) is 2. The molecule has 0 amide bonds. The molecule has 0 aliphatic carbocycles. The number of hydrogen-bond acceptors (Lipinski definition) is 6. The van der Waals surface area contributed by atoms with Gasteiger partial charge in [0.15, 0.2) is 0 Å². The van der Waals surface area contributed by atoms with Crippen LogP contribution in [-0.2, 0) is 13.1 Å². The fourth-order valence-corrected chi connectivity index (χ4v) is 4.49. The summed E-state index contributed by atoms with van der Waals surface area (Å²) in [6.45, 7) is 8.17. The minimum Gasteiger partial charge on any atom is -0.368 e. The van der Waals surface area contributed by atoms with Crippen LogP contribution in [0.25, 0.3) is 10.9 Å². The molecule has 32 heavy (non-hydrogen) atoms. The van der Waals surface area contributed by atoms with Gasteiger partial charge in [0.1, 0.15) is 11.2 Å².